The molecule has 1 aromatic heterocycles. The van der Waals surface area contributed by atoms with Crippen molar-refractivity contribution in [3.8, 4) is 5.75 Å². The van der Waals surface area contributed by atoms with Crippen LogP contribution in [0.2, 0.25) is 0 Å². The molecule has 4 N–H and O–H groups in total. The van der Waals surface area contributed by atoms with Crippen LogP contribution < -0.4 is 15.8 Å². The molecule has 1 atom stereocenters. The fraction of sp³-hybridized carbons (Fsp3) is 0.412. The van der Waals surface area contributed by atoms with Crippen molar-refractivity contribution in [2.24, 2.45) is 11.7 Å². The molecule has 1 fully saturated rings. The van der Waals surface area contributed by atoms with Gasteiger partial charge in [0.05, 0.1) is 32.0 Å². The van der Waals surface area contributed by atoms with Crippen LogP contribution in [0.5, 0.6) is 5.75 Å². The molecule has 134 valence electrons. The van der Waals surface area contributed by atoms with Crippen molar-refractivity contribution in [1.29, 1.82) is 0 Å². The second kappa shape index (κ2) is 7.12. The summed E-state index contributed by atoms with van der Waals surface area (Å²) in [5, 5.41) is 12.1. The second-order valence-corrected chi connectivity index (χ2v) is 6.02. The van der Waals surface area contributed by atoms with E-state index in [9.17, 15) is 9.59 Å². The van der Waals surface area contributed by atoms with Gasteiger partial charge in [-0.3, -0.25) is 9.59 Å². The zero-order chi connectivity index (χ0) is 18.0. The first-order chi connectivity index (χ1) is 12.0. The molecule has 0 spiro atoms. The summed E-state index contributed by atoms with van der Waals surface area (Å²) >= 11 is 0. The molecule has 2 heterocycles. The summed E-state index contributed by atoms with van der Waals surface area (Å²) in [6.45, 7) is 3.00. The number of hydrogen-bond acceptors (Lipinski definition) is 6. The molecular formula is C17H20N2O6. The lowest BCUT2D eigenvalue weighted by Crippen LogP contribution is -2.46. The number of furan rings is 1. The standard InChI is InChI=1S/C17H20N2O6/c1-9-15(17(22)19-13(5-20)16(18)21)12-4-11(2-3-14(12)25-9)24-8-10-6-23-7-10/h2-4,10,13,20H,5-8H2,1H3,(H2,18,21)(H,19,22). The van der Waals surface area contributed by atoms with Gasteiger partial charge in [0.2, 0.25) is 5.91 Å². The van der Waals surface area contributed by atoms with Crippen LogP contribution in [0.15, 0.2) is 22.6 Å². The number of hydrogen-bond donors (Lipinski definition) is 3. The van der Waals surface area contributed by atoms with Gasteiger partial charge >= 0.3 is 0 Å². The lowest BCUT2D eigenvalue weighted by Gasteiger charge is -2.25. The largest absolute Gasteiger partial charge is 0.493 e. The normalized spacial score (nSPS) is 15.6. The van der Waals surface area contributed by atoms with Crippen LogP contribution in [-0.2, 0) is 9.53 Å². The third-order valence-electron chi connectivity index (χ3n) is 4.09. The van der Waals surface area contributed by atoms with E-state index in [1.807, 2.05) is 0 Å². The highest BCUT2D eigenvalue weighted by Crippen LogP contribution is 2.29. The number of nitrogens with two attached hydrogens (primary N) is 1. The molecule has 1 saturated heterocycles. The van der Waals surface area contributed by atoms with Crippen molar-refractivity contribution >= 4 is 22.8 Å². The molecule has 8 nitrogen and oxygen atoms in total. The van der Waals surface area contributed by atoms with Crippen LogP contribution in [0.4, 0.5) is 0 Å². The van der Waals surface area contributed by atoms with Crippen LogP contribution >= 0.6 is 0 Å². The number of carbonyl (C=O) groups excluding carboxylic acids is 2. The smallest absolute Gasteiger partial charge is 0.256 e. The zero-order valence-corrected chi connectivity index (χ0v) is 13.8. The number of carbonyl (C=O) groups is 2. The van der Waals surface area contributed by atoms with E-state index in [1.54, 1.807) is 25.1 Å². The third kappa shape index (κ3) is 3.59. The molecule has 0 aliphatic carbocycles. The predicted molar refractivity (Wildman–Crippen MR) is 88.3 cm³/mol. The molecule has 2 amide bonds. The number of aliphatic hydroxyl groups is 1. The number of ether oxygens (including phenoxy) is 2. The van der Waals surface area contributed by atoms with Crippen LogP contribution in [0.3, 0.4) is 0 Å². The molecule has 1 aromatic carbocycles. The van der Waals surface area contributed by atoms with Gasteiger partial charge in [0.25, 0.3) is 5.91 Å². The number of nitrogens with one attached hydrogen (secondary N) is 1. The summed E-state index contributed by atoms with van der Waals surface area (Å²) in [7, 11) is 0. The van der Waals surface area contributed by atoms with E-state index in [4.69, 9.17) is 24.7 Å². The predicted octanol–water partition coefficient (Wildman–Crippen LogP) is 0.342. The molecule has 0 saturated carbocycles. The Morgan fingerprint density at radius 1 is 1.44 bits per heavy atom. The van der Waals surface area contributed by atoms with E-state index in [2.05, 4.69) is 5.32 Å². The molecule has 3 rings (SSSR count). The highest BCUT2D eigenvalue weighted by Gasteiger charge is 2.24. The fourth-order valence-electron chi connectivity index (χ4n) is 2.60. The number of primary amides is 1. The first kappa shape index (κ1) is 17.2. The molecule has 25 heavy (non-hydrogen) atoms. The van der Waals surface area contributed by atoms with Crippen LogP contribution in [0, 0.1) is 12.8 Å². The van der Waals surface area contributed by atoms with E-state index in [0.29, 0.717) is 48.2 Å². The van der Waals surface area contributed by atoms with Gasteiger partial charge in [0.15, 0.2) is 0 Å². The number of benzene rings is 1. The summed E-state index contributed by atoms with van der Waals surface area (Å²) < 4.78 is 16.4. The molecule has 1 aliphatic heterocycles. The van der Waals surface area contributed by atoms with Crippen LogP contribution in [-0.4, -0.2) is 49.4 Å². The van der Waals surface area contributed by atoms with E-state index in [1.165, 1.54) is 0 Å². The first-order valence-corrected chi connectivity index (χ1v) is 7.94. The Balaban J connectivity index is 1.84. The Labute approximate surface area is 143 Å². The van der Waals surface area contributed by atoms with E-state index in [-0.39, 0.29) is 5.56 Å². The Morgan fingerprint density at radius 3 is 2.80 bits per heavy atom. The summed E-state index contributed by atoms with van der Waals surface area (Å²) in [4.78, 5) is 23.7. The Bertz CT molecular complexity index is 796. The average molecular weight is 348 g/mol. The van der Waals surface area contributed by atoms with Gasteiger partial charge in [-0.05, 0) is 25.1 Å². The molecule has 0 radical (unpaired) electrons. The second-order valence-electron chi connectivity index (χ2n) is 6.02. The van der Waals surface area contributed by atoms with E-state index in [0.717, 1.165) is 0 Å². The van der Waals surface area contributed by atoms with Gasteiger partial charge in [0.1, 0.15) is 23.1 Å². The maximum absolute atomic E-state index is 12.5. The van der Waals surface area contributed by atoms with Crippen molar-refractivity contribution in [3.05, 3.63) is 29.5 Å². The van der Waals surface area contributed by atoms with Crippen LogP contribution in [0.1, 0.15) is 16.1 Å². The van der Waals surface area contributed by atoms with Gasteiger partial charge in [-0.15, -0.1) is 0 Å². The highest BCUT2D eigenvalue weighted by molar-refractivity contribution is 6.08. The summed E-state index contributed by atoms with van der Waals surface area (Å²) in [6, 6.07) is 4.06. The fourth-order valence-corrected chi connectivity index (χ4v) is 2.60. The monoisotopic (exact) mass is 348 g/mol. The number of aliphatic hydroxyl groups excluding tert-OH is 1. The quantitative estimate of drug-likeness (QED) is 0.663. The van der Waals surface area contributed by atoms with Gasteiger partial charge < -0.3 is 30.0 Å². The number of rotatable bonds is 7. The SMILES string of the molecule is Cc1oc2ccc(OCC3COC3)cc2c1C(=O)NC(CO)C(N)=O. The molecular weight excluding hydrogens is 328 g/mol. The topological polar surface area (TPSA) is 124 Å². The third-order valence-corrected chi connectivity index (χ3v) is 4.09. The minimum Gasteiger partial charge on any atom is -0.493 e. The maximum atomic E-state index is 12.5. The first-order valence-electron chi connectivity index (χ1n) is 7.94. The molecule has 1 aliphatic rings. The van der Waals surface area contributed by atoms with Crippen LogP contribution in [0.25, 0.3) is 11.0 Å². The van der Waals surface area contributed by atoms with Gasteiger partial charge in [-0.1, -0.05) is 0 Å². The molecule has 8 heteroatoms. The lowest BCUT2D eigenvalue weighted by atomic mass is 10.1. The van der Waals surface area contributed by atoms with E-state index >= 15 is 0 Å². The van der Waals surface area contributed by atoms with E-state index < -0.39 is 24.5 Å². The molecule has 0 bridgehead atoms. The van der Waals surface area contributed by atoms with Crippen molar-refractivity contribution < 1.29 is 28.6 Å². The minimum atomic E-state index is -1.16. The zero-order valence-electron chi connectivity index (χ0n) is 13.8. The molecule has 2 aromatic rings. The van der Waals surface area contributed by atoms with Gasteiger partial charge in [-0.2, -0.15) is 0 Å². The summed E-state index contributed by atoms with van der Waals surface area (Å²) in [5.41, 5.74) is 5.96. The Morgan fingerprint density at radius 2 is 2.20 bits per heavy atom. The number of fused-ring (bicyclic) bond motifs is 1. The summed E-state index contributed by atoms with van der Waals surface area (Å²) in [6.07, 6.45) is 0. The Hall–Kier alpha value is -2.58. The van der Waals surface area contributed by atoms with Crippen molar-refractivity contribution in [2.75, 3.05) is 26.4 Å². The molecule has 1 unspecified atom stereocenters. The van der Waals surface area contributed by atoms with Crippen molar-refractivity contribution in [3.63, 3.8) is 0 Å². The maximum Gasteiger partial charge on any atom is 0.256 e. The average Bonchev–Trinajstić information content (AvgIpc) is 2.85. The van der Waals surface area contributed by atoms with Crippen molar-refractivity contribution in [1.82, 2.24) is 5.32 Å². The Kier molecular flexibility index (Phi) is 4.91. The number of aryl methyl sites for hydroxylation is 1. The lowest BCUT2D eigenvalue weighted by molar-refractivity contribution is -0.120. The van der Waals surface area contributed by atoms with Gasteiger partial charge in [-0.25, -0.2) is 0 Å². The minimum absolute atomic E-state index is 0.284. The summed E-state index contributed by atoms with van der Waals surface area (Å²) in [5.74, 6) is 0.0400. The van der Waals surface area contributed by atoms with Gasteiger partial charge in [0, 0.05) is 11.3 Å². The highest BCUT2D eigenvalue weighted by atomic mass is 16.5. The van der Waals surface area contributed by atoms with Crippen molar-refractivity contribution in [2.45, 2.75) is 13.0 Å². The number of amides is 2.